The third kappa shape index (κ3) is 3.11. The quantitative estimate of drug-likeness (QED) is 0.549. The van der Waals surface area contributed by atoms with Crippen LogP contribution in [0.1, 0.15) is 31.7 Å². The van der Waals surface area contributed by atoms with E-state index in [0.29, 0.717) is 11.0 Å². The van der Waals surface area contributed by atoms with E-state index in [1.54, 1.807) is 10.8 Å². The molecule has 5 rings (SSSR count). The normalized spacial score (nSPS) is 19.9. The fraction of sp³-hybridized carbons (Fsp3) is 0.300. The second kappa shape index (κ2) is 6.91. The number of rotatable bonds is 3. The van der Waals surface area contributed by atoms with Crippen LogP contribution in [0.15, 0.2) is 47.5 Å². The van der Waals surface area contributed by atoms with Crippen molar-refractivity contribution in [2.75, 3.05) is 5.32 Å². The van der Waals surface area contributed by atoms with E-state index in [1.807, 2.05) is 36.5 Å². The second-order valence-electron chi connectivity index (χ2n) is 7.22. The van der Waals surface area contributed by atoms with Crippen LogP contribution in [-0.4, -0.2) is 30.5 Å². The standard InChI is InChI=1S/C20H19ClN6O/c21-13-4-3-12-11-23-19(25-17(12)10-13)24-14-5-7-15(8-6-14)27-18-16(26-20(27)28)2-1-9-22-18/h1-4,9-11,14-15H,5-8H2,(H,26,28)(H,23,24,25). The van der Waals surface area contributed by atoms with Gasteiger partial charge in [0.1, 0.15) is 0 Å². The summed E-state index contributed by atoms with van der Waals surface area (Å²) >= 11 is 6.07. The molecule has 1 aliphatic rings. The number of H-pyrrole nitrogens is 1. The zero-order valence-electron chi connectivity index (χ0n) is 15.1. The van der Waals surface area contributed by atoms with Crippen molar-refractivity contribution in [3.05, 3.63) is 58.2 Å². The molecule has 0 saturated heterocycles. The number of imidazole rings is 1. The first-order valence-corrected chi connectivity index (χ1v) is 9.79. The van der Waals surface area contributed by atoms with E-state index in [0.717, 1.165) is 47.8 Å². The second-order valence-corrected chi connectivity index (χ2v) is 7.66. The van der Waals surface area contributed by atoms with E-state index >= 15 is 0 Å². The lowest BCUT2D eigenvalue weighted by Crippen LogP contribution is -2.31. The number of hydrogen-bond donors (Lipinski definition) is 2. The van der Waals surface area contributed by atoms with Gasteiger partial charge in [-0.15, -0.1) is 0 Å². The molecule has 7 nitrogen and oxygen atoms in total. The van der Waals surface area contributed by atoms with Crippen molar-refractivity contribution in [2.45, 2.75) is 37.8 Å². The fourth-order valence-electron chi connectivity index (χ4n) is 4.02. The molecule has 0 unspecified atom stereocenters. The molecule has 3 heterocycles. The van der Waals surface area contributed by atoms with Crippen LogP contribution in [0.2, 0.25) is 5.02 Å². The van der Waals surface area contributed by atoms with Crippen molar-refractivity contribution in [3.63, 3.8) is 0 Å². The Labute approximate surface area is 165 Å². The molecule has 0 amide bonds. The molecule has 8 heteroatoms. The highest BCUT2D eigenvalue weighted by molar-refractivity contribution is 6.31. The van der Waals surface area contributed by atoms with Crippen LogP contribution in [0.4, 0.5) is 5.95 Å². The van der Waals surface area contributed by atoms with E-state index < -0.39 is 0 Å². The smallest absolute Gasteiger partial charge is 0.327 e. The van der Waals surface area contributed by atoms with Crippen molar-refractivity contribution in [1.29, 1.82) is 0 Å². The summed E-state index contributed by atoms with van der Waals surface area (Å²) < 4.78 is 1.81. The van der Waals surface area contributed by atoms with Gasteiger partial charge in [0.05, 0.1) is 11.0 Å². The minimum Gasteiger partial charge on any atom is -0.351 e. The molecule has 1 saturated carbocycles. The van der Waals surface area contributed by atoms with E-state index in [1.165, 1.54) is 0 Å². The fourth-order valence-corrected chi connectivity index (χ4v) is 4.19. The summed E-state index contributed by atoms with van der Waals surface area (Å²) in [4.78, 5) is 28.7. The Morgan fingerprint density at radius 3 is 2.86 bits per heavy atom. The van der Waals surface area contributed by atoms with Crippen LogP contribution in [0.25, 0.3) is 22.1 Å². The van der Waals surface area contributed by atoms with Gasteiger partial charge < -0.3 is 10.3 Å². The summed E-state index contributed by atoms with van der Waals surface area (Å²) in [6.07, 6.45) is 7.22. The summed E-state index contributed by atoms with van der Waals surface area (Å²) in [5.41, 5.74) is 2.27. The van der Waals surface area contributed by atoms with Gasteiger partial charge >= 0.3 is 5.69 Å². The highest BCUT2D eigenvalue weighted by Gasteiger charge is 2.25. The molecule has 1 aliphatic carbocycles. The van der Waals surface area contributed by atoms with Gasteiger partial charge in [-0.05, 0) is 56.0 Å². The maximum absolute atomic E-state index is 12.4. The lowest BCUT2D eigenvalue weighted by atomic mass is 9.91. The summed E-state index contributed by atoms with van der Waals surface area (Å²) in [6.45, 7) is 0. The Kier molecular flexibility index (Phi) is 4.24. The monoisotopic (exact) mass is 394 g/mol. The van der Waals surface area contributed by atoms with Crippen LogP contribution >= 0.6 is 11.6 Å². The van der Waals surface area contributed by atoms with Crippen molar-refractivity contribution in [3.8, 4) is 0 Å². The van der Waals surface area contributed by atoms with Crippen molar-refractivity contribution in [1.82, 2.24) is 24.5 Å². The maximum atomic E-state index is 12.4. The van der Waals surface area contributed by atoms with Crippen LogP contribution in [-0.2, 0) is 0 Å². The minimum atomic E-state index is -0.0835. The number of nitrogens with one attached hydrogen (secondary N) is 2. The summed E-state index contributed by atoms with van der Waals surface area (Å²) in [7, 11) is 0. The van der Waals surface area contributed by atoms with E-state index in [2.05, 4.69) is 25.3 Å². The van der Waals surface area contributed by atoms with Gasteiger partial charge in [0, 0.05) is 34.9 Å². The molecule has 3 aromatic heterocycles. The number of hydrogen-bond acceptors (Lipinski definition) is 5. The molecule has 0 radical (unpaired) electrons. The minimum absolute atomic E-state index is 0.0835. The first-order chi connectivity index (χ1) is 13.7. The molecule has 2 N–H and O–H groups in total. The molecule has 1 fully saturated rings. The third-order valence-electron chi connectivity index (χ3n) is 5.42. The Balaban J connectivity index is 1.31. The van der Waals surface area contributed by atoms with E-state index in [4.69, 9.17) is 11.6 Å². The molecular weight excluding hydrogens is 376 g/mol. The van der Waals surface area contributed by atoms with Crippen LogP contribution in [0, 0.1) is 0 Å². The van der Waals surface area contributed by atoms with Gasteiger partial charge in [0.25, 0.3) is 0 Å². The van der Waals surface area contributed by atoms with Gasteiger partial charge in [0.2, 0.25) is 5.95 Å². The number of pyridine rings is 1. The van der Waals surface area contributed by atoms with Crippen molar-refractivity contribution >= 4 is 39.6 Å². The average molecular weight is 395 g/mol. The Morgan fingerprint density at radius 1 is 1.14 bits per heavy atom. The first-order valence-electron chi connectivity index (χ1n) is 9.41. The van der Waals surface area contributed by atoms with Gasteiger partial charge in [-0.25, -0.2) is 19.7 Å². The number of nitrogens with zero attached hydrogens (tertiary/aromatic N) is 4. The lowest BCUT2D eigenvalue weighted by Gasteiger charge is -2.29. The lowest BCUT2D eigenvalue weighted by molar-refractivity contribution is 0.333. The highest BCUT2D eigenvalue weighted by atomic mass is 35.5. The first kappa shape index (κ1) is 17.2. The van der Waals surface area contributed by atoms with E-state index in [9.17, 15) is 4.79 Å². The van der Waals surface area contributed by atoms with Gasteiger partial charge in [-0.3, -0.25) is 4.57 Å². The Morgan fingerprint density at radius 2 is 2.00 bits per heavy atom. The number of benzene rings is 1. The Hall–Kier alpha value is -2.93. The van der Waals surface area contributed by atoms with Gasteiger partial charge in [0.15, 0.2) is 5.65 Å². The molecule has 0 bridgehead atoms. The van der Waals surface area contributed by atoms with Gasteiger partial charge in [-0.1, -0.05) is 11.6 Å². The molecule has 1 aromatic carbocycles. The predicted octanol–water partition coefficient (Wildman–Crippen LogP) is 3.92. The van der Waals surface area contributed by atoms with E-state index in [-0.39, 0.29) is 17.8 Å². The molecule has 0 atom stereocenters. The number of aromatic amines is 1. The topological polar surface area (TPSA) is 88.5 Å². The maximum Gasteiger partial charge on any atom is 0.327 e. The molecular formula is C20H19ClN6O. The predicted molar refractivity (Wildman–Crippen MR) is 110 cm³/mol. The van der Waals surface area contributed by atoms with Crippen LogP contribution < -0.4 is 11.0 Å². The zero-order chi connectivity index (χ0) is 19.1. The number of halogens is 1. The largest absolute Gasteiger partial charge is 0.351 e. The molecule has 0 aliphatic heterocycles. The molecule has 28 heavy (non-hydrogen) atoms. The SMILES string of the molecule is O=c1[nH]c2cccnc2n1C1CCC(Nc2ncc3ccc(Cl)cc3n2)CC1. The molecule has 142 valence electrons. The van der Waals surface area contributed by atoms with Crippen molar-refractivity contribution in [2.24, 2.45) is 0 Å². The molecule has 4 aromatic rings. The van der Waals surface area contributed by atoms with Crippen LogP contribution in [0.5, 0.6) is 0 Å². The van der Waals surface area contributed by atoms with Crippen molar-refractivity contribution < 1.29 is 0 Å². The van der Waals surface area contributed by atoms with Gasteiger partial charge in [-0.2, -0.15) is 0 Å². The zero-order valence-corrected chi connectivity index (χ0v) is 15.9. The summed E-state index contributed by atoms with van der Waals surface area (Å²) in [6, 6.07) is 9.75. The number of aromatic nitrogens is 5. The summed E-state index contributed by atoms with van der Waals surface area (Å²) in [5, 5.41) is 5.06. The molecule has 0 spiro atoms. The number of fused-ring (bicyclic) bond motifs is 2. The Bertz CT molecular complexity index is 1210. The third-order valence-corrected chi connectivity index (χ3v) is 5.65. The number of anilines is 1. The summed E-state index contributed by atoms with van der Waals surface area (Å²) in [5.74, 6) is 0.615. The highest BCUT2D eigenvalue weighted by Crippen LogP contribution is 2.30. The average Bonchev–Trinajstić information content (AvgIpc) is 3.04. The van der Waals surface area contributed by atoms with Crippen LogP contribution in [0.3, 0.4) is 0 Å².